The van der Waals surface area contributed by atoms with Crippen LogP contribution in [0.1, 0.15) is 23.7 Å². The number of nitrogens with zero attached hydrogens (tertiary/aromatic N) is 2. The van der Waals surface area contributed by atoms with Crippen LogP contribution >= 0.6 is 0 Å². The fourth-order valence-electron chi connectivity index (χ4n) is 4.25. The third-order valence-corrected chi connectivity index (χ3v) is 5.82. The number of carbonyl (C=O) groups excluding carboxylic acids is 1. The van der Waals surface area contributed by atoms with Gasteiger partial charge in [-0.1, -0.05) is 54.6 Å². The van der Waals surface area contributed by atoms with Crippen molar-refractivity contribution in [3.05, 3.63) is 89.6 Å². The number of amides is 1. The Labute approximate surface area is 189 Å². The van der Waals surface area contributed by atoms with E-state index in [0.29, 0.717) is 19.7 Å². The van der Waals surface area contributed by atoms with Gasteiger partial charge in [-0.3, -0.25) is 9.69 Å². The Kier molecular flexibility index (Phi) is 6.83. The van der Waals surface area contributed by atoms with E-state index in [2.05, 4.69) is 33.7 Å². The first kappa shape index (κ1) is 22.0. The zero-order chi connectivity index (χ0) is 22.4. The maximum absolute atomic E-state index is 13.4. The molecule has 6 heteroatoms. The van der Waals surface area contributed by atoms with Crippen molar-refractivity contribution in [1.82, 2.24) is 15.2 Å². The summed E-state index contributed by atoms with van der Waals surface area (Å²) in [4.78, 5) is 20.6. The van der Waals surface area contributed by atoms with Gasteiger partial charge in [0.05, 0.1) is 12.3 Å². The average molecular weight is 431 g/mol. The second-order valence-corrected chi connectivity index (χ2v) is 8.41. The quantitative estimate of drug-likeness (QED) is 0.531. The second kappa shape index (κ2) is 9.94. The number of fused-ring (bicyclic) bond motifs is 1. The molecular formula is C26H30N4O2. The molecule has 0 fully saturated rings. The van der Waals surface area contributed by atoms with Crippen LogP contribution in [0.2, 0.25) is 0 Å². The third kappa shape index (κ3) is 4.98. The highest BCUT2D eigenvalue weighted by Gasteiger charge is 2.43. The average Bonchev–Trinajstić information content (AvgIpc) is 2.81. The van der Waals surface area contributed by atoms with Crippen LogP contribution in [0.3, 0.4) is 0 Å². The van der Waals surface area contributed by atoms with Crippen molar-refractivity contribution in [3.8, 4) is 0 Å². The summed E-state index contributed by atoms with van der Waals surface area (Å²) in [5, 5.41) is 6.39. The molecule has 0 bridgehead atoms. The molecule has 0 saturated heterocycles. The Hall–Kier alpha value is -3.22. The van der Waals surface area contributed by atoms with Crippen LogP contribution in [0.25, 0.3) is 0 Å². The number of benzene rings is 2. The lowest BCUT2D eigenvalue weighted by atomic mass is 9.79. The maximum atomic E-state index is 13.4. The number of methoxy groups -OCH3 is 1. The Morgan fingerprint density at radius 1 is 1.06 bits per heavy atom. The molecular weight excluding hydrogens is 400 g/mol. The van der Waals surface area contributed by atoms with Crippen molar-refractivity contribution in [2.45, 2.75) is 25.4 Å². The van der Waals surface area contributed by atoms with Gasteiger partial charge in [0.15, 0.2) is 0 Å². The summed E-state index contributed by atoms with van der Waals surface area (Å²) in [6, 6.07) is 24.4. The van der Waals surface area contributed by atoms with Gasteiger partial charge in [0.1, 0.15) is 11.2 Å². The standard InChI is InChI=1S/C26H30N4O2/c1-26(25(31)27-15-16-32-2)19-30(17-20-9-5-3-6-10-20)18-21-13-14-23(29-24(21)26)28-22-11-7-4-8-12-22/h3-14H,15-19H2,1-2H3,(H,27,31)(H,28,29). The topological polar surface area (TPSA) is 66.5 Å². The van der Waals surface area contributed by atoms with Crippen molar-refractivity contribution in [1.29, 1.82) is 0 Å². The summed E-state index contributed by atoms with van der Waals surface area (Å²) >= 11 is 0. The molecule has 0 saturated carbocycles. The van der Waals surface area contributed by atoms with Crippen molar-refractivity contribution >= 4 is 17.4 Å². The van der Waals surface area contributed by atoms with E-state index in [4.69, 9.17) is 9.72 Å². The summed E-state index contributed by atoms with van der Waals surface area (Å²) in [5.41, 5.74) is 3.33. The molecule has 3 aromatic rings. The first-order chi connectivity index (χ1) is 15.6. The smallest absolute Gasteiger partial charge is 0.233 e. The number of carbonyl (C=O) groups is 1. The molecule has 2 heterocycles. The van der Waals surface area contributed by atoms with Gasteiger partial charge < -0.3 is 15.4 Å². The SMILES string of the molecule is COCCNC(=O)C1(C)CN(Cc2ccccc2)Cc2ccc(Nc3ccccc3)nc21. The Balaban J connectivity index is 1.64. The van der Waals surface area contributed by atoms with Crippen LogP contribution in [0.15, 0.2) is 72.8 Å². The highest BCUT2D eigenvalue weighted by atomic mass is 16.5. The molecule has 166 valence electrons. The fourth-order valence-corrected chi connectivity index (χ4v) is 4.25. The Bertz CT molecular complexity index is 1040. The summed E-state index contributed by atoms with van der Waals surface area (Å²) in [6.07, 6.45) is 0. The van der Waals surface area contributed by atoms with Crippen molar-refractivity contribution < 1.29 is 9.53 Å². The summed E-state index contributed by atoms with van der Waals surface area (Å²) in [5.74, 6) is 0.709. The minimum Gasteiger partial charge on any atom is -0.383 e. The first-order valence-electron chi connectivity index (χ1n) is 10.9. The number of nitrogens with one attached hydrogen (secondary N) is 2. The number of para-hydroxylation sites is 1. The lowest BCUT2D eigenvalue weighted by Crippen LogP contribution is -2.53. The van der Waals surface area contributed by atoms with Crippen LogP contribution in [-0.4, -0.2) is 42.6 Å². The van der Waals surface area contributed by atoms with Gasteiger partial charge in [0.2, 0.25) is 5.91 Å². The zero-order valence-corrected chi connectivity index (χ0v) is 18.7. The number of hydrogen-bond acceptors (Lipinski definition) is 5. The third-order valence-electron chi connectivity index (χ3n) is 5.82. The highest BCUT2D eigenvalue weighted by molar-refractivity contribution is 5.88. The Morgan fingerprint density at radius 3 is 2.50 bits per heavy atom. The molecule has 0 aliphatic carbocycles. The Morgan fingerprint density at radius 2 is 1.78 bits per heavy atom. The number of anilines is 2. The predicted octanol–water partition coefficient (Wildman–Crippen LogP) is 3.86. The van der Waals surface area contributed by atoms with E-state index in [1.165, 1.54) is 5.56 Å². The van der Waals surface area contributed by atoms with Gasteiger partial charge in [-0.25, -0.2) is 4.98 Å². The molecule has 1 amide bonds. The van der Waals surface area contributed by atoms with Crippen molar-refractivity contribution in [2.24, 2.45) is 0 Å². The minimum absolute atomic E-state index is 0.0297. The monoisotopic (exact) mass is 430 g/mol. The van der Waals surface area contributed by atoms with Crippen LogP contribution in [0, 0.1) is 0 Å². The largest absolute Gasteiger partial charge is 0.383 e. The maximum Gasteiger partial charge on any atom is 0.233 e. The van der Waals surface area contributed by atoms with E-state index in [9.17, 15) is 4.79 Å². The van der Waals surface area contributed by atoms with Crippen molar-refractivity contribution in [2.75, 3.05) is 32.1 Å². The van der Waals surface area contributed by atoms with Crippen LogP contribution < -0.4 is 10.6 Å². The van der Waals surface area contributed by atoms with Crippen molar-refractivity contribution in [3.63, 3.8) is 0 Å². The normalized spacial score (nSPS) is 18.1. The number of rotatable bonds is 8. The lowest BCUT2D eigenvalue weighted by molar-refractivity contribution is -0.128. The fraction of sp³-hybridized carbons (Fsp3) is 0.308. The molecule has 1 atom stereocenters. The molecule has 4 rings (SSSR count). The van der Waals surface area contributed by atoms with E-state index in [1.807, 2.05) is 61.5 Å². The molecule has 1 aliphatic heterocycles. The molecule has 32 heavy (non-hydrogen) atoms. The molecule has 2 N–H and O–H groups in total. The van der Waals surface area contributed by atoms with E-state index < -0.39 is 5.41 Å². The van der Waals surface area contributed by atoms with E-state index in [0.717, 1.165) is 35.9 Å². The number of pyridine rings is 1. The number of hydrogen-bond donors (Lipinski definition) is 2. The summed E-state index contributed by atoms with van der Waals surface area (Å²) < 4.78 is 5.12. The molecule has 1 aliphatic rings. The summed E-state index contributed by atoms with van der Waals surface area (Å²) in [7, 11) is 1.63. The number of ether oxygens (including phenoxy) is 1. The zero-order valence-electron chi connectivity index (χ0n) is 18.7. The van der Waals surface area contributed by atoms with E-state index in [-0.39, 0.29) is 5.91 Å². The molecule has 6 nitrogen and oxygen atoms in total. The number of aromatic nitrogens is 1. The van der Waals surface area contributed by atoms with Gasteiger partial charge in [0.25, 0.3) is 0 Å². The van der Waals surface area contributed by atoms with Gasteiger partial charge in [0, 0.05) is 39.0 Å². The lowest BCUT2D eigenvalue weighted by Gasteiger charge is -2.40. The molecule has 1 unspecified atom stereocenters. The van der Waals surface area contributed by atoms with E-state index in [1.54, 1.807) is 7.11 Å². The van der Waals surface area contributed by atoms with Gasteiger partial charge in [-0.15, -0.1) is 0 Å². The second-order valence-electron chi connectivity index (χ2n) is 8.41. The first-order valence-corrected chi connectivity index (χ1v) is 10.9. The molecule has 0 spiro atoms. The van der Waals surface area contributed by atoms with E-state index >= 15 is 0 Å². The minimum atomic E-state index is -0.773. The predicted molar refractivity (Wildman–Crippen MR) is 127 cm³/mol. The highest BCUT2D eigenvalue weighted by Crippen LogP contribution is 2.35. The van der Waals surface area contributed by atoms with Crippen LogP contribution in [0.5, 0.6) is 0 Å². The van der Waals surface area contributed by atoms with Gasteiger partial charge >= 0.3 is 0 Å². The van der Waals surface area contributed by atoms with Gasteiger partial charge in [-0.2, -0.15) is 0 Å². The molecule has 1 aromatic heterocycles. The van der Waals surface area contributed by atoms with Crippen LogP contribution in [-0.2, 0) is 28.0 Å². The van der Waals surface area contributed by atoms with Crippen LogP contribution in [0.4, 0.5) is 11.5 Å². The summed E-state index contributed by atoms with van der Waals surface area (Å²) in [6.45, 7) is 5.07. The van der Waals surface area contributed by atoms with Gasteiger partial charge in [-0.05, 0) is 36.2 Å². The molecule has 0 radical (unpaired) electrons. The molecule has 2 aromatic carbocycles.